The SMILES string of the molecule is CCNC1CC(Oc2cccc(C)c2F)C1OC. The molecule has 0 radical (unpaired) electrons. The summed E-state index contributed by atoms with van der Waals surface area (Å²) in [5, 5.41) is 3.33. The van der Waals surface area contributed by atoms with Crippen LogP contribution in [0.15, 0.2) is 18.2 Å². The molecule has 1 fully saturated rings. The van der Waals surface area contributed by atoms with Gasteiger partial charge in [-0.3, -0.25) is 0 Å². The number of rotatable bonds is 5. The summed E-state index contributed by atoms with van der Waals surface area (Å²) in [4.78, 5) is 0. The number of ether oxygens (including phenoxy) is 2. The van der Waals surface area contributed by atoms with Crippen LogP contribution in [0.2, 0.25) is 0 Å². The van der Waals surface area contributed by atoms with Crippen LogP contribution in [0.25, 0.3) is 0 Å². The van der Waals surface area contributed by atoms with Gasteiger partial charge in [-0.25, -0.2) is 4.39 Å². The van der Waals surface area contributed by atoms with Crippen molar-refractivity contribution in [2.45, 2.75) is 38.5 Å². The van der Waals surface area contributed by atoms with E-state index in [0.29, 0.717) is 17.4 Å². The highest BCUT2D eigenvalue weighted by Gasteiger charge is 2.43. The van der Waals surface area contributed by atoms with Crippen LogP contribution in [-0.2, 0) is 4.74 Å². The molecule has 1 aliphatic rings. The third kappa shape index (κ3) is 2.49. The first kappa shape index (κ1) is 13.3. The molecule has 0 heterocycles. The molecule has 3 nitrogen and oxygen atoms in total. The van der Waals surface area contributed by atoms with Gasteiger partial charge in [0.25, 0.3) is 0 Å². The van der Waals surface area contributed by atoms with Gasteiger partial charge in [0.1, 0.15) is 12.2 Å². The van der Waals surface area contributed by atoms with Crippen LogP contribution in [0.3, 0.4) is 0 Å². The molecular weight excluding hydrogens is 233 g/mol. The number of hydrogen-bond donors (Lipinski definition) is 1. The van der Waals surface area contributed by atoms with Crippen molar-refractivity contribution < 1.29 is 13.9 Å². The molecule has 3 atom stereocenters. The molecule has 3 unspecified atom stereocenters. The highest BCUT2D eigenvalue weighted by Crippen LogP contribution is 2.30. The van der Waals surface area contributed by atoms with Crippen molar-refractivity contribution in [2.75, 3.05) is 13.7 Å². The average Bonchev–Trinajstić information content (AvgIpc) is 2.33. The van der Waals surface area contributed by atoms with E-state index in [-0.39, 0.29) is 18.0 Å². The second kappa shape index (κ2) is 5.67. The number of hydrogen-bond acceptors (Lipinski definition) is 3. The van der Waals surface area contributed by atoms with E-state index in [9.17, 15) is 4.39 Å². The largest absolute Gasteiger partial charge is 0.485 e. The van der Waals surface area contributed by atoms with Crippen LogP contribution in [0, 0.1) is 12.7 Å². The van der Waals surface area contributed by atoms with E-state index in [1.807, 2.05) is 0 Å². The maximum absolute atomic E-state index is 13.8. The minimum Gasteiger partial charge on any atom is -0.485 e. The van der Waals surface area contributed by atoms with Gasteiger partial charge in [-0.2, -0.15) is 0 Å². The maximum atomic E-state index is 13.8. The summed E-state index contributed by atoms with van der Waals surface area (Å²) in [6, 6.07) is 5.50. The predicted molar refractivity (Wildman–Crippen MR) is 68.4 cm³/mol. The number of methoxy groups -OCH3 is 1. The molecule has 1 aromatic rings. The van der Waals surface area contributed by atoms with Crippen molar-refractivity contribution in [3.63, 3.8) is 0 Å². The third-order valence-corrected chi connectivity index (χ3v) is 3.42. The Hall–Kier alpha value is -1.13. The number of halogens is 1. The monoisotopic (exact) mass is 253 g/mol. The van der Waals surface area contributed by atoms with Crippen molar-refractivity contribution in [3.8, 4) is 5.75 Å². The lowest BCUT2D eigenvalue weighted by atomic mass is 9.85. The van der Waals surface area contributed by atoms with Gasteiger partial charge in [0.05, 0.1) is 0 Å². The number of nitrogens with one attached hydrogen (secondary N) is 1. The summed E-state index contributed by atoms with van der Waals surface area (Å²) >= 11 is 0. The normalized spacial score (nSPS) is 26.8. The molecule has 0 aromatic heterocycles. The summed E-state index contributed by atoms with van der Waals surface area (Å²) in [7, 11) is 1.66. The third-order valence-electron chi connectivity index (χ3n) is 3.42. The smallest absolute Gasteiger partial charge is 0.167 e. The first-order valence-corrected chi connectivity index (χ1v) is 6.35. The van der Waals surface area contributed by atoms with Crippen LogP contribution in [-0.4, -0.2) is 31.9 Å². The maximum Gasteiger partial charge on any atom is 0.167 e. The van der Waals surface area contributed by atoms with Crippen molar-refractivity contribution in [1.29, 1.82) is 0 Å². The molecule has 1 aromatic carbocycles. The molecule has 0 aliphatic heterocycles. The molecule has 2 rings (SSSR count). The Labute approximate surface area is 107 Å². The van der Waals surface area contributed by atoms with Gasteiger partial charge >= 0.3 is 0 Å². The van der Waals surface area contributed by atoms with E-state index in [4.69, 9.17) is 9.47 Å². The molecule has 1 saturated carbocycles. The molecule has 0 amide bonds. The minimum atomic E-state index is -0.278. The number of likely N-dealkylation sites (N-methyl/N-ethyl adjacent to an activating group) is 1. The zero-order valence-electron chi connectivity index (χ0n) is 11.1. The molecule has 0 bridgehead atoms. The first-order chi connectivity index (χ1) is 8.67. The Morgan fingerprint density at radius 2 is 2.22 bits per heavy atom. The molecular formula is C14H20FNO2. The molecule has 1 aliphatic carbocycles. The lowest BCUT2D eigenvalue weighted by Gasteiger charge is -2.43. The lowest BCUT2D eigenvalue weighted by Crippen LogP contribution is -2.60. The summed E-state index contributed by atoms with van der Waals surface area (Å²) in [5.41, 5.74) is 0.601. The standard InChI is InChI=1S/C14H20FNO2/c1-4-16-10-8-12(14(10)17-3)18-11-7-5-6-9(2)13(11)15/h5-7,10,12,14,16H,4,8H2,1-3H3. The molecule has 0 spiro atoms. The van der Waals surface area contributed by atoms with Crippen molar-refractivity contribution in [3.05, 3.63) is 29.6 Å². The Balaban J connectivity index is 2.00. The van der Waals surface area contributed by atoms with Gasteiger partial charge in [0, 0.05) is 19.6 Å². The molecule has 18 heavy (non-hydrogen) atoms. The average molecular weight is 253 g/mol. The van der Waals surface area contributed by atoms with Crippen LogP contribution < -0.4 is 10.1 Å². The summed E-state index contributed by atoms with van der Waals surface area (Å²) < 4.78 is 24.9. The summed E-state index contributed by atoms with van der Waals surface area (Å²) in [6.07, 6.45) is 0.764. The molecule has 4 heteroatoms. The lowest BCUT2D eigenvalue weighted by molar-refractivity contribution is -0.0894. The molecule has 100 valence electrons. The Morgan fingerprint density at radius 1 is 1.44 bits per heavy atom. The fraction of sp³-hybridized carbons (Fsp3) is 0.571. The summed E-state index contributed by atoms with van der Waals surface area (Å²) in [5.74, 6) is 0.0382. The Bertz CT molecular complexity index is 411. The molecule has 0 saturated heterocycles. The van der Waals surface area contributed by atoms with E-state index in [1.165, 1.54) is 0 Å². The molecule has 1 N–H and O–H groups in total. The van der Waals surface area contributed by atoms with E-state index in [0.717, 1.165) is 13.0 Å². The fourth-order valence-corrected chi connectivity index (χ4v) is 2.35. The van der Waals surface area contributed by atoms with E-state index in [1.54, 1.807) is 32.2 Å². The predicted octanol–water partition coefficient (Wildman–Crippen LogP) is 2.28. The van der Waals surface area contributed by atoms with Gasteiger partial charge in [-0.05, 0) is 25.1 Å². The van der Waals surface area contributed by atoms with Gasteiger partial charge in [0.15, 0.2) is 11.6 Å². The van der Waals surface area contributed by atoms with Crippen LogP contribution in [0.1, 0.15) is 18.9 Å². The second-order valence-electron chi connectivity index (χ2n) is 4.64. The first-order valence-electron chi connectivity index (χ1n) is 6.35. The highest BCUT2D eigenvalue weighted by molar-refractivity contribution is 5.30. The van der Waals surface area contributed by atoms with Crippen molar-refractivity contribution in [1.82, 2.24) is 5.32 Å². The second-order valence-corrected chi connectivity index (χ2v) is 4.64. The Morgan fingerprint density at radius 3 is 2.89 bits per heavy atom. The highest BCUT2D eigenvalue weighted by atomic mass is 19.1. The number of aryl methyl sites for hydroxylation is 1. The van der Waals surface area contributed by atoms with E-state index < -0.39 is 0 Å². The van der Waals surface area contributed by atoms with E-state index in [2.05, 4.69) is 12.2 Å². The number of benzene rings is 1. The van der Waals surface area contributed by atoms with Crippen LogP contribution in [0.4, 0.5) is 4.39 Å². The minimum absolute atomic E-state index is 0.00939. The van der Waals surface area contributed by atoms with Crippen molar-refractivity contribution >= 4 is 0 Å². The van der Waals surface area contributed by atoms with Gasteiger partial charge in [-0.15, -0.1) is 0 Å². The van der Waals surface area contributed by atoms with Crippen LogP contribution >= 0.6 is 0 Å². The van der Waals surface area contributed by atoms with Gasteiger partial charge in [0.2, 0.25) is 0 Å². The zero-order chi connectivity index (χ0) is 13.1. The Kier molecular flexibility index (Phi) is 4.19. The summed E-state index contributed by atoms with van der Waals surface area (Å²) in [6.45, 7) is 4.69. The van der Waals surface area contributed by atoms with Gasteiger partial charge in [-0.1, -0.05) is 19.1 Å². The fourth-order valence-electron chi connectivity index (χ4n) is 2.35. The topological polar surface area (TPSA) is 30.5 Å². The van der Waals surface area contributed by atoms with Crippen molar-refractivity contribution in [2.24, 2.45) is 0 Å². The van der Waals surface area contributed by atoms with E-state index >= 15 is 0 Å². The quantitative estimate of drug-likeness (QED) is 0.873. The van der Waals surface area contributed by atoms with Gasteiger partial charge < -0.3 is 14.8 Å². The zero-order valence-corrected chi connectivity index (χ0v) is 11.1. The van der Waals surface area contributed by atoms with Crippen LogP contribution in [0.5, 0.6) is 5.75 Å².